The van der Waals surface area contributed by atoms with Gasteiger partial charge in [0.05, 0.1) is 5.01 Å². The molecule has 25 heavy (non-hydrogen) atoms. The first-order valence-electron chi connectivity index (χ1n) is 7.48. The normalized spacial score (nSPS) is 10.5. The number of hydrogen-bond donors (Lipinski definition) is 1. The van der Waals surface area contributed by atoms with Crippen LogP contribution in [0.1, 0.15) is 26.6 Å². The Hall–Kier alpha value is -2.14. The molecule has 0 aliphatic heterocycles. The molecule has 0 atom stereocenters. The van der Waals surface area contributed by atoms with Crippen molar-refractivity contribution in [1.82, 2.24) is 4.98 Å². The van der Waals surface area contributed by atoms with Gasteiger partial charge in [0, 0.05) is 27.5 Å². The minimum atomic E-state index is -0.251. The molecular formula is C19H14Cl2N2OS. The second kappa shape index (κ2) is 7.83. The van der Waals surface area contributed by atoms with Gasteiger partial charge in [-0.15, -0.1) is 11.3 Å². The maximum Gasteiger partial charge on any atom is 0.275 e. The number of carbonyl (C=O) groups excluding carboxylic acids is 1. The Balaban J connectivity index is 1.72. The van der Waals surface area contributed by atoms with Crippen LogP contribution >= 0.6 is 34.5 Å². The second-order valence-electron chi connectivity index (χ2n) is 5.28. The first-order valence-corrected chi connectivity index (χ1v) is 9.11. The van der Waals surface area contributed by atoms with Crippen LogP contribution in [-0.4, -0.2) is 10.9 Å². The number of hydrogen-bond acceptors (Lipinski definition) is 3. The minimum absolute atomic E-state index is 0.251. The molecule has 0 bridgehead atoms. The highest BCUT2D eigenvalue weighted by Gasteiger charge is 2.13. The number of aromatic nitrogens is 1. The molecule has 1 heterocycles. The number of anilines is 1. The molecule has 1 N–H and O–H groups in total. The quantitative estimate of drug-likeness (QED) is 0.587. The third kappa shape index (κ3) is 4.28. The summed E-state index contributed by atoms with van der Waals surface area (Å²) in [7, 11) is 0. The van der Waals surface area contributed by atoms with Crippen molar-refractivity contribution < 1.29 is 4.79 Å². The van der Waals surface area contributed by atoms with Crippen LogP contribution in [0.2, 0.25) is 10.0 Å². The van der Waals surface area contributed by atoms with E-state index < -0.39 is 0 Å². The van der Waals surface area contributed by atoms with E-state index in [2.05, 4.69) is 16.9 Å². The van der Waals surface area contributed by atoms with Gasteiger partial charge in [0.2, 0.25) is 0 Å². The van der Waals surface area contributed by atoms with Crippen LogP contribution in [0.5, 0.6) is 0 Å². The highest BCUT2D eigenvalue weighted by molar-refractivity contribution is 7.09. The van der Waals surface area contributed by atoms with Gasteiger partial charge in [0.15, 0.2) is 0 Å². The topological polar surface area (TPSA) is 42.0 Å². The molecule has 2 aromatic carbocycles. The number of benzene rings is 2. The van der Waals surface area contributed by atoms with Crippen LogP contribution in [0.3, 0.4) is 0 Å². The van der Waals surface area contributed by atoms with E-state index >= 15 is 0 Å². The summed E-state index contributed by atoms with van der Waals surface area (Å²) < 4.78 is 0. The van der Waals surface area contributed by atoms with Crippen molar-refractivity contribution in [3.8, 4) is 0 Å². The zero-order chi connectivity index (χ0) is 17.8. The van der Waals surface area contributed by atoms with Crippen LogP contribution < -0.4 is 5.32 Å². The molecular weight excluding hydrogens is 375 g/mol. The number of rotatable bonds is 5. The predicted octanol–water partition coefficient (Wildman–Crippen LogP) is 5.94. The summed E-state index contributed by atoms with van der Waals surface area (Å²) in [5, 5.41) is 6.52. The molecule has 6 heteroatoms. The molecule has 1 aromatic heterocycles. The molecule has 0 fully saturated rings. The predicted molar refractivity (Wildman–Crippen MR) is 106 cm³/mol. The minimum Gasteiger partial charge on any atom is -0.321 e. The highest BCUT2D eigenvalue weighted by atomic mass is 35.5. The van der Waals surface area contributed by atoms with Gasteiger partial charge in [-0.25, -0.2) is 4.98 Å². The van der Waals surface area contributed by atoms with Crippen LogP contribution in [0, 0.1) is 0 Å². The Labute approximate surface area is 159 Å². The smallest absolute Gasteiger partial charge is 0.275 e. The average molecular weight is 389 g/mol. The zero-order valence-electron chi connectivity index (χ0n) is 13.1. The summed E-state index contributed by atoms with van der Waals surface area (Å²) in [6, 6.07) is 12.8. The zero-order valence-corrected chi connectivity index (χ0v) is 15.5. The fraction of sp³-hybridized carbons (Fsp3) is 0.0526. The van der Waals surface area contributed by atoms with Gasteiger partial charge in [-0.05, 0) is 35.4 Å². The molecule has 3 aromatic rings. The Morgan fingerprint density at radius 1 is 1.16 bits per heavy atom. The number of carbonyl (C=O) groups is 1. The maximum atomic E-state index is 12.3. The SMILES string of the molecule is C=Cc1ccc(NC(=O)c2csc(Cc3c(Cl)cccc3Cl)n2)cc1. The maximum absolute atomic E-state index is 12.3. The van der Waals surface area contributed by atoms with E-state index in [4.69, 9.17) is 23.2 Å². The van der Waals surface area contributed by atoms with Gasteiger partial charge in [-0.3, -0.25) is 4.79 Å². The van der Waals surface area contributed by atoms with Crippen LogP contribution in [-0.2, 0) is 6.42 Å². The lowest BCUT2D eigenvalue weighted by molar-refractivity contribution is 0.102. The van der Waals surface area contributed by atoms with Gasteiger partial charge in [0.25, 0.3) is 5.91 Å². The Kier molecular flexibility index (Phi) is 5.53. The number of nitrogens with zero attached hydrogens (tertiary/aromatic N) is 1. The van der Waals surface area contributed by atoms with Crippen molar-refractivity contribution in [2.45, 2.75) is 6.42 Å². The largest absolute Gasteiger partial charge is 0.321 e. The van der Waals surface area contributed by atoms with Crippen molar-refractivity contribution in [2.24, 2.45) is 0 Å². The van der Waals surface area contributed by atoms with Crippen molar-refractivity contribution in [3.05, 3.63) is 86.3 Å². The van der Waals surface area contributed by atoms with E-state index in [-0.39, 0.29) is 5.91 Å². The lowest BCUT2D eigenvalue weighted by atomic mass is 10.1. The summed E-state index contributed by atoms with van der Waals surface area (Å²) in [6.07, 6.45) is 2.24. The van der Waals surface area contributed by atoms with E-state index in [0.29, 0.717) is 27.8 Å². The third-order valence-corrected chi connectivity index (χ3v) is 5.14. The fourth-order valence-electron chi connectivity index (χ4n) is 2.25. The fourth-order valence-corrected chi connectivity index (χ4v) is 3.56. The molecule has 0 spiro atoms. The Morgan fingerprint density at radius 2 is 1.84 bits per heavy atom. The van der Waals surface area contributed by atoms with Crippen molar-refractivity contribution >= 4 is 52.2 Å². The van der Waals surface area contributed by atoms with Gasteiger partial charge < -0.3 is 5.32 Å². The van der Waals surface area contributed by atoms with Crippen LogP contribution in [0.25, 0.3) is 6.08 Å². The summed E-state index contributed by atoms with van der Waals surface area (Å²) in [4.78, 5) is 16.7. The molecule has 1 amide bonds. The molecule has 0 saturated heterocycles. The molecule has 0 aliphatic rings. The summed E-state index contributed by atoms with van der Waals surface area (Å²) >= 11 is 13.8. The number of amides is 1. The molecule has 0 unspecified atom stereocenters. The molecule has 0 saturated carbocycles. The summed E-state index contributed by atoms with van der Waals surface area (Å²) in [5.74, 6) is -0.251. The average Bonchev–Trinajstić information content (AvgIpc) is 3.08. The highest BCUT2D eigenvalue weighted by Crippen LogP contribution is 2.28. The van der Waals surface area contributed by atoms with E-state index in [1.165, 1.54) is 11.3 Å². The van der Waals surface area contributed by atoms with E-state index in [1.807, 2.05) is 24.3 Å². The van der Waals surface area contributed by atoms with Gasteiger partial charge in [0.1, 0.15) is 5.69 Å². The molecule has 3 rings (SSSR count). The van der Waals surface area contributed by atoms with Gasteiger partial charge >= 0.3 is 0 Å². The van der Waals surface area contributed by atoms with Gasteiger partial charge in [-0.2, -0.15) is 0 Å². The molecule has 0 radical (unpaired) electrons. The van der Waals surface area contributed by atoms with E-state index in [1.54, 1.807) is 29.7 Å². The van der Waals surface area contributed by atoms with E-state index in [9.17, 15) is 4.79 Å². The second-order valence-corrected chi connectivity index (χ2v) is 7.04. The Morgan fingerprint density at radius 3 is 2.48 bits per heavy atom. The molecule has 3 nitrogen and oxygen atoms in total. The van der Waals surface area contributed by atoms with Crippen molar-refractivity contribution in [3.63, 3.8) is 0 Å². The summed E-state index contributed by atoms with van der Waals surface area (Å²) in [5.41, 5.74) is 2.88. The number of nitrogens with one attached hydrogen (secondary N) is 1. The van der Waals surface area contributed by atoms with Gasteiger partial charge in [-0.1, -0.05) is 54.1 Å². The lowest BCUT2D eigenvalue weighted by Gasteiger charge is -2.05. The Bertz CT molecular complexity index is 899. The van der Waals surface area contributed by atoms with E-state index in [0.717, 1.165) is 16.1 Å². The summed E-state index contributed by atoms with van der Waals surface area (Å²) in [6.45, 7) is 3.70. The standard InChI is InChI=1S/C19H14Cl2N2OS/c1-2-12-6-8-13(9-7-12)22-19(24)17-11-25-18(23-17)10-14-15(20)4-3-5-16(14)21/h2-9,11H,1,10H2,(H,22,24). The van der Waals surface area contributed by atoms with Crippen molar-refractivity contribution in [2.75, 3.05) is 5.32 Å². The third-order valence-electron chi connectivity index (χ3n) is 3.58. The first-order chi connectivity index (χ1) is 12.1. The number of thiazole rings is 1. The first kappa shape index (κ1) is 17.7. The lowest BCUT2D eigenvalue weighted by Crippen LogP contribution is -2.12. The molecule has 0 aliphatic carbocycles. The molecule has 126 valence electrons. The van der Waals surface area contributed by atoms with Crippen LogP contribution in [0.15, 0.2) is 54.4 Å². The van der Waals surface area contributed by atoms with Crippen LogP contribution in [0.4, 0.5) is 5.69 Å². The number of halogens is 2. The monoisotopic (exact) mass is 388 g/mol. The van der Waals surface area contributed by atoms with Crippen molar-refractivity contribution in [1.29, 1.82) is 0 Å².